The summed E-state index contributed by atoms with van der Waals surface area (Å²) in [6.07, 6.45) is -4.05. The lowest BCUT2D eigenvalue weighted by Crippen LogP contribution is -2.61. The van der Waals surface area contributed by atoms with Gasteiger partial charge >= 0.3 is 6.18 Å². The quantitative estimate of drug-likeness (QED) is 0.620. The van der Waals surface area contributed by atoms with Gasteiger partial charge in [0.15, 0.2) is 0 Å². The lowest BCUT2D eigenvalue weighted by molar-refractivity contribution is -0.137. The number of aliphatic imine (C=N–C) groups is 1. The Labute approximate surface area is 191 Å². The van der Waals surface area contributed by atoms with Gasteiger partial charge in [-0.15, -0.1) is 0 Å². The molecule has 1 aromatic carbocycles. The zero-order chi connectivity index (χ0) is 24.9. The summed E-state index contributed by atoms with van der Waals surface area (Å²) in [7, 11) is -2.74. The van der Waals surface area contributed by atoms with Gasteiger partial charge in [0.25, 0.3) is 5.91 Å². The van der Waals surface area contributed by atoms with Crippen LogP contribution in [0.4, 0.5) is 23.2 Å². The van der Waals surface area contributed by atoms with Gasteiger partial charge < -0.3 is 15.8 Å². The number of carbonyl (C=O) groups is 1. The fraction of sp³-hybridized carbons (Fsp3) is 0.350. The standard InChI is InChI=1S/C20H19F4N5O4S/c1-29-18(25)28-19(10-33-7-6-16(19)34(29,31)32)13-8-12(3-4-14(13)21)27-17(30)15-5-2-11(9-26-15)20(22,23)24/h2-5,8-9,16H,6-7,10H2,1H3,(H2,25,28)(H,27,30). The van der Waals surface area contributed by atoms with E-state index in [0.29, 0.717) is 12.3 Å². The zero-order valence-electron chi connectivity index (χ0n) is 17.6. The number of ether oxygens (including phenoxy) is 1. The molecule has 2 unspecified atom stereocenters. The topological polar surface area (TPSA) is 127 Å². The molecule has 1 amide bonds. The Bertz CT molecular complexity index is 1270. The average Bonchev–Trinajstić information content (AvgIpc) is 2.78. The van der Waals surface area contributed by atoms with Crippen LogP contribution in [-0.4, -0.2) is 55.1 Å². The monoisotopic (exact) mass is 501 g/mol. The third-order valence-corrected chi connectivity index (χ3v) is 8.07. The molecule has 4 rings (SSSR count). The number of nitrogens with zero attached hydrogens (tertiary/aromatic N) is 3. The predicted octanol–water partition coefficient (Wildman–Crippen LogP) is 2.07. The average molecular weight is 501 g/mol. The summed E-state index contributed by atoms with van der Waals surface area (Å²) in [5, 5.41) is 1.26. The normalized spacial score (nSPS) is 24.2. The van der Waals surface area contributed by atoms with E-state index in [4.69, 9.17) is 10.5 Å². The number of hydrogen-bond acceptors (Lipinski definition) is 7. The van der Waals surface area contributed by atoms with Crippen molar-refractivity contribution in [2.75, 3.05) is 25.6 Å². The van der Waals surface area contributed by atoms with Crippen molar-refractivity contribution in [3.05, 3.63) is 59.2 Å². The maximum Gasteiger partial charge on any atom is 0.417 e. The number of carbonyl (C=O) groups excluding carboxylic acids is 1. The van der Waals surface area contributed by atoms with E-state index in [-0.39, 0.29) is 42.5 Å². The number of rotatable bonds is 3. The van der Waals surface area contributed by atoms with Gasteiger partial charge in [0.1, 0.15) is 22.3 Å². The highest BCUT2D eigenvalue weighted by atomic mass is 32.2. The molecule has 0 aliphatic carbocycles. The number of fused-ring (bicyclic) bond motifs is 1. The summed E-state index contributed by atoms with van der Waals surface area (Å²) in [6.45, 7) is -0.146. The summed E-state index contributed by atoms with van der Waals surface area (Å²) in [6, 6.07) is 5.05. The lowest BCUT2D eigenvalue weighted by Gasteiger charge is -2.45. The second-order valence-electron chi connectivity index (χ2n) is 7.82. The molecule has 3 heterocycles. The van der Waals surface area contributed by atoms with E-state index < -0.39 is 44.3 Å². The maximum atomic E-state index is 15.0. The first-order valence-corrected chi connectivity index (χ1v) is 11.4. The smallest absolute Gasteiger partial charge is 0.378 e. The number of nitrogens with two attached hydrogens (primary N) is 1. The van der Waals surface area contributed by atoms with Crippen LogP contribution in [0.15, 0.2) is 41.5 Å². The Morgan fingerprint density at radius 1 is 1.29 bits per heavy atom. The van der Waals surface area contributed by atoms with Gasteiger partial charge in [0.2, 0.25) is 16.0 Å². The molecule has 0 bridgehead atoms. The van der Waals surface area contributed by atoms with E-state index in [0.717, 1.165) is 16.4 Å². The van der Waals surface area contributed by atoms with E-state index in [1.165, 1.54) is 19.2 Å². The Hall–Kier alpha value is -3.26. The van der Waals surface area contributed by atoms with Crippen LogP contribution in [0, 0.1) is 5.82 Å². The molecule has 1 saturated heterocycles. The zero-order valence-corrected chi connectivity index (χ0v) is 18.5. The van der Waals surface area contributed by atoms with Crippen molar-refractivity contribution >= 4 is 27.6 Å². The van der Waals surface area contributed by atoms with Crippen molar-refractivity contribution < 1.29 is 35.5 Å². The molecule has 14 heteroatoms. The predicted molar refractivity (Wildman–Crippen MR) is 113 cm³/mol. The van der Waals surface area contributed by atoms with Crippen molar-refractivity contribution in [2.24, 2.45) is 10.7 Å². The number of benzene rings is 1. The van der Waals surface area contributed by atoms with Crippen molar-refractivity contribution in [2.45, 2.75) is 23.4 Å². The van der Waals surface area contributed by atoms with Crippen LogP contribution in [-0.2, 0) is 26.5 Å². The summed E-state index contributed by atoms with van der Waals surface area (Å²) in [4.78, 5) is 20.3. The van der Waals surface area contributed by atoms with Gasteiger partial charge in [0.05, 0.1) is 12.2 Å². The van der Waals surface area contributed by atoms with Gasteiger partial charge in [-0.05, 0) is 36.8 Å². The molecular weight excluding hydrogens is 482 g/mol. The van der Waals surface area contributed by atoms with Gasteiger partial charge in [-0.25, -0.2) is 22.1 Å². The van der Waals surface area contributed by atoms with Gasteiger partial charge in [0, 0.05) is 31.1 Å². The van der Waals surface area contributed by atoms with E-state index in [2.05, 4.69) is 15.3 Å². The van der Waals surface area contributed by atoms with Crippen molar-refractivity contribution in [3.8, 4) is 0 Å². The van der Waals surface area contributed by atoms with Crippen LogP contribution in [0.3, 0.4) is 0 Å². The molecule has 2 aliphatic heterocycles. The molecule has 1 fully saturated rings. The van der Waals surface area contributed by atoms with Crippen LogP contribution in [0.5, 0.6) is 0 Å². The minimum Gasteiger partial charge on any atom is -0.378 e. The molecule has 2 atom stereocenters. The Kier molecular flexibility index (Phi) is 5.76. The number of halogens is 4. The molecule has 2 aromatic rings. The number of anilines is 1. The van der Waals surface area contributed by atoms with Crippen LogP contribution >= 0.6 is 0 Å². The maximum absolute atomic E-state index is 15.0. The minimum atomic E-state index is -4.61. The highest BCUT2D eigenvalue weighted by molar-refractivity contribution is 7.90. The minimum absolute atomic E-state index is 0.0367. The second kappa shape index (κ2) is 8.20. The van der Waals surface area contributed by atoms with E-state index in [1.807, 2.05) is 0 Å². The number of pyridine rings is 1. The molecule has 34 heavy (non-hydrogen) atoms. The number of hydrogen-bond donors (Lipinski definition) is 2. The molecule has 3 N–H and O–H groups in total. The van der Waals surface area contributed by atoms with Crippen LogP contribution < -0.4 is 11.1 Å². The summed E-state index contributed by atoms with van der Waals surface area (Å²) < 4.78 is 85.5. The van der Waals surface area contributed by atoms with Gasteiger partial charge in [-0.1, -0.05) is 0 Å². The van der Waals surface area contributed by atoms with E-state index in [1.54, 1.807) is 0 Å². The fourth-order valence-corrected chi connectivity index (χ4v) is 5.80. The molecular formula is C20H19F4N5O4S. The number of alkyl halides is 3. The highest BCUT2D eigenvalue weighted by Gasteiger charge is 2.56. The SMILES string of the molecule is CN1C(N)=NC2(c3cc(NC(=O)c4ccc(C(F)(F)F)cn4)ccc3F)COCCC2S1(=O)=O. The fourth-order valence-electron chi connectivity index (χ4n) is 3.98. The Morgan fingerprint density at radius 3 is 2.68 bits per heavy atom. The first-order valence-electron chi connectivity index (χ1n) is 9.92. The largest absolute Gasteiger partial charge is 0.417 e. The van der Waals surface area contributed by atoms with Crippen molar-refractivity contribution in [1.29, 1.82) is 0 Å². The molecule has 0 saturated carbocycles. The number of amides is 1. The highest BCUT2D eigenvalue weighted by Crippen LogP contribution is 2.44. The first-order chi connectivity index (χ1) is 15.9. The summed E-state index contributed by atoms with van der Waals surface area (Å²) >= 11 is 0. The summed E-state index contributed by atoms with van der Waals surface area (Å²) in [5.41, 5.74) is 2.71. The van der Waals surface area contributed by atoms with Gasteiger partial charge in [-0.3, -0.25) is 9.78 Å². The van der Waals surface area contributed by atoms with Crippen LogP contribution in [0.1, 0.15) is 28.0 Å². The lowest BCUT2D eigenvalue weighted by atomic mass is 9.84. The molecule has 2 aliphatic rings. The first kappa shape index (κ1) is 23.9. The second-order valence-corrected chi connectivity index (χ2v) is 9.96. The van der Waals surface area contributed by atoms with Crippen molar-refractivity contribution in [3.63, 3.8) is 0 Å². The van der Waals surface area contributed by atoms with E-state index in [9.17, 15) is 26.4 Å². The molecule has 0 spiro atoms. The Morgan fingerprint density at radius 2 is 2.03 bits per heavy atom. The molecule has 9 nitrogen and oxygen atoms in total. The molecule has 1 aromatic heterocycles. The van der Waals surface area contributed by atoms with Gasteiger partial charge in [-0.2, -0.15) is 13.2 Å². The third kappa shape index (κ3) is 3.96. The van der Waals surface area contributed by atoms with Crippen LogP contribution in [0.25, 0.3) is 0 Å². The summed E-state index contributed by atoms with van der Waals surface area (Å²) in [5.74, 6) is -1.98. The molecule has 0 radical (unpaired) electrons. The van der Waals surface area contributed by atoms with E-state index >= 15 is 4.39 Å². The molecule has 182 valence electrons. The van der Waals surface area contributed by atoms with Crippen molar-refractivity contribution in [1.82, 2.24) is 9.29 Å². The number of aromatic nitrogens is 1. The number of nitrogens with one attached hydrogen (secondary N) is 1. The number of guanidine groups is 1. The van der Waals surface area contributed by atoms with Crippen LogP contribution in [0.2, 0.25) is 0 Å². The Balaban J connectivity index is 1.70. The third-order valence-electron chi connectivity index (χ3n) is 5.77. The number of sulfonamides is 1.